The monoisotopic (exact) mass is 400 g/mol. The van der Waals surface area contributed by atoms with Crippen LogP contribution in [0, 0.1) is 0 Å². The molecule has 0 radical (unpaired) electrons. The molecule has 0 saturated heterocycles. The van der Waals surface area contributed by atoms with Crippen LogP contribution in [0.25, 0.3) is 27.8 Å². The maximum Gasteiger partial charge on any atom is 0.324 e. The Morgan fingerprint density at radius 2 is 2.07 bits per heavy atom. The Balaban J connectivity index is 1.68. The predicted molar refractivity (Wildman–Crippen MR) is 108 cm³/mol. The summed E-state index contributed by atoms with van der Waals surface area (Å²) in [7, 11) is 0. The van der Waals surface area contributed by atoms with E-state index in [9.17, 15) is 14.8 Å². The highest BCUT2D eigenvalue weighted by Crippen LogP contribution is 2.23. The summed E-state index contributed by atoms with van der Waals surface area (Å²) < 4.78 is 2.63. The maximum atomic E-state index is 12.9. The van der Waals surface area contributed by atoms with E-state index in [1.165, 1.54) is 6.33 Å². The lowest BCUT2D eigenvalue weighted by Crippen LogP contribution is -2.31. The first-order chi connectivity index (χ1) is 14.6. The van der Waals surface area contributed by atoms with Gasteiger partial charge in [-0.3, -0.25) is 9.59 Å². The quantitative estimate of drug-likeness (QED) is 0.402. The highest BCUT2D eigenvalue weighted by molar-refractivity contribution is 5.97. The Hall–Kier alpha value is -4.07. The van der Waals surface area contributed by atoms with Crippen LogP contribution < -0.4 is 15.5 Å². The minimum absolute atomic E-state index is 0.0855. The molecule has 0 spiro atoms. The number of nitrogens with zero attached hydrogens (tertiary/aromatic N) is 4. The molecule has 1 saturated carbocycles. The molecule has 30 heavy (non-hydrogen) atoms. The van der Waals surface area contributed by atoms with E-state index < -0.39 is 0 Å². The van der Waals surface area contributed by atoms with E-state index in [-0.39, 0.29) is 22.9 Å². The number of carbonyl (C=O) groups excluding carboxylic acids is 1. The van der Waals surface area contributed by atoms with E-state index in [1.54, 1.807) is 41.5 Å². The summed E-state index contributed by atoms with van der Waals surface area (Å²) in [5.41, 5.74) is 2.47. The molecule has 3 aromatic heterocycles. The Morgan fingerprint density at radius 3 is 2.87 bits per heavy atom. The van der Waals surface area contributed by atoms with Crippen LogP contribution in [-0.4, -0.2) is 31.7 Å². The summed E-state index contributed by atoms with van der Waals surface area (Å²) in [6.07, 6.45) is 9.51. The topological polar surface area (TPSA) is 101 Å². The number of aromatic nitrogens is 4. The zero-order valence-electron chi connectivity index (χ0n) is 15.9. The molecule has 1 aliphatic carbocycles. The number of hydrogen-bond donors (Lipinski definition) is 2. The number of carbonyl (C=O) groups is 1. The molecule has 4 aromatic rings. The SMILES string of the molecule is O=C(NC1CC1)c1cn(-c2cccc(-c3cnc[n+](O)c3)c2)c2ncccc2c1=O. The van der Waals surface area contributed by atoms with E-state index in [0.29, 0.717) is 16.6 Å². The Morgan fingerprint density at radius 1 is 1.20 bits per heavy atom. The van der Waals surface area contributed by atoms with Crippen LogP contribution in [0.4, 0.5) is 0 Å². The number of benzene rings is 1. The molecule has 0 aliphatic heterocycles. The van der Waals surface area contributed by atoms with Crippen molar-refractivity contribution in [3.63, 3.8) is 0 Å². The van der Waals surface area contributed by atoms with Crippen molar-refractivity contribution in [2.24, 2.45) is 0 Å². The summed E-state index contributed by atoms with van der Waals surface area (Å²) in [5, 5.41) is 12.9. The van der Waals surface area contributed by atoms with Crippen molar-refractivity contribution in [3.8, 4) is 16.8 Å². The van der Waals surface area contributed by atoms with Crippen molar-refractivity contribution in [2.45, 2.75) is 18.9 Å². The third-order valence-electron chi connectivity index (χ3n) is 5.05. The Kier molecular flexibility index (Phi) is 4.24. The lowest BCUT2D eigenvalue weighted by Gasteiger charge is -2.13. The van der Waals surface area contributed by atoms with Gasteiger partial charge in [-0.2, -0.15) is 0 Å². The second-order valence-electron chi connectivity index (χ2n) is 7.27. The molecule has 0 bridgehead atoms. The van der Waals surface area contributed by atoms with E-state index >= 15 is 0 Å². The standard InChI is InChI=1S/C22H17N5O3/c28-20-18-5-2-8-24-21(18)27(12-19(20)22(29)25-16-6-7-16)17-4-1-3-14(9-17)15-10-23-13-26(30)11-15/h1-5,8-13,16H,6-7H2,(H-,25,29,30)/p+1. The minimum atomic E-state index is -0.369. The third-order valence-corrected chi connectivity index (χ3v) is 5.05. The number of hydrogen-bond acceptors (Lipinski definition) is 5. The molecular formula is C22H18N5O3+. The number of amides is 1. The molecule has 8 heteroatoms. The van der Waals surface area contributed by atoms with Crippen LogP contribution in [0.1, 0.15) is 23.2 Å². The Bertz CT molecular complexity index is 1340. The first-order valence-corrected chi connectivity index (χ1v) is 9.58. The first kappa shape index (κ1) is 18.0. The normalized spacial score (nSPS) is 13.3. The smallest absolute Gasteiger partial charge is 0.324 e. The fourth-order valence-corrected chi connectivity index (χ4v) is 3.39. The summed E-state index contributed by atoms with van der Waals surface area (Å²) in [6.45, 7) is 0. The van der Waals surface area contributed by atoms with Gasteiger partial charge in [-0.05, 0) is 42.7 Å². The zero-order chi connectivity index (χ0) is 20.7. The van der Waals surface area contributed by atoms with Gasteiger partial charge in [0, 0.05) is 24.1 Å². The molecule has 1 amide bonds. The maximum absolute atomic E-state index is 12.9. The second-order valence-corrected chi connectivity index (χ2v) is 7.27. The lowest BCUT2D eigenvalue weighted by molar-refractivity contribution is -0.906. The lowest BCUT2D eigenvalue weighted by atomic mass is 10.1. The summed E-state index contributed by atoms with van der Waals surface area (Å²) in [4.78, 5) is 34.0. The second kappa shape index (κ2) is 7.07. The molecular weight excluding hydrogens is 382 g/mol. The fraction of sp³-hybridized carbons (Fsp3) is 0.136. The highest BCUT2D eigenvalue weighted by atomic mass is 16.5. The van der Waals surface area contributed by atoms with Crippen LogP contribution in [0.3, 0.4) is 0 Å². The molecule has 2 N–H and O–H groups in total. The molecule has 1 fully saturated rings. The third kappa shape index (κ3) is 3.28. The van der Waals surface area contributed by atoms with E-state index in [2.05, 4.69) is 15.3 Å². The summed E-state index contributed by atoms with van der Waals surface area (Å²) in [5.74, 6) is -0.369. The van der Waals surface area contributed by atoms with Gasteiger partial charge in [0.2, 0.25) is 5.43 Å². The molecule has 1 aromatic carbocycles. The first-order valence-electron chi connectivity index (χ1n) is 9.58. The van der Waals surface area contributed by atoms with E-state index in [0.717, 1.165) is 28.8 Å². The zero-order valence-corrected chi connectivity index (χ0v) is 15.9. The molecule has 148 valence electrons. The largest absolute Gasteiger partial charge is 0.350 e. The molecule has 0 unspecified atom stereocenters. The summed E-state index contributed by atoms with van der Waals surface area (Å²) >= 11 is 0. The average molecular weight is 400 g/mol. The van der Waals surface area contributed by atoms with Gasteiger partial charge in [0.05, 0.1) is 10.9 Å². The van der Waals surface area contributed by atoms with Gasteiger partial charge in [0.1, 0.15) is 17.4 Å². The van der Waals surface area contributed by atoms with Crippen LogP contribution in [0.15, 0.2) is 72.3 Å². The van der Waals surface area contributed by atoms with Crippen molar-refractivity contribution >= 4 is 16.9 Å². The molecule has 0 atom stereocenters. The van der Waals surface area contributed by atoms with Crippen molar-refractivity contribution in [2.75, 3.05) is 0 Å². The number of nitrogens with one attached hydrogen (secondary N) is 1. The van der Waals surface area contributed by atoms with Crippen molar-refractivity contribution < 1.29 is 14.7 Å². The average Bonchev–Trinajstić information content (AvgIpc) is 3.58. The van der Waals surface area contributed by atoms with Crippen LogP contribution in [0.2, 0.25) is 0 Å². The molecule has 3 heterocycles. The van der Waals surface area contributed by atoms with E-state index in [1.807, 2.05) is 24.3 Å². The number of fused-ring (bicyclic) bond motifs is 1. The minimum Gasteiger partial charge on any atom is -0.350 e. The van der Waals surface area contributed by atoms with E-state index in [4.69, 9.17) is 0 Å². The van der Waals surface area contributed by atoms with Gasteiger partial charge in [-0.25, -0.2) is 4.98 Å². The van der Waals surface area contributed by atoms with Gasteiger partial charge >= 0.3 is 6.33 Å². The number of rotatable bonds is 4. The highest BCUT2D eigenvalue weighted by Gasteiger charge is 2.26. The van der Waals surface area contributed by atoms with Gasteiger partial charge in [0.15, 0.2) is 6.20 Å². The molecule has 5 rings (SSSR count). The van der Waals surface area contributed by atoms with Crippen LogP contribution in [0.5, 0.6) is 0 Å². The molecule has 8 nitrogen and oxygen atoms in total. The fourth-order valence-electron chi connectivity index (χ4n) is 3.39. The van der Waals surface area contributed by atoms with Crippen molar-refractivity contribution in [1.82, 2.24) is 19.9 Å². The number of pyridine rings is 2. The van der Waals surface area contributed by atoms with Crippen LogP contribution in [-0.2, 0) is 0 Å². The van der Waals surface area contributed by atoms with Crippen molar-refractivity contribution in [1.29, 1.82) is 0 Å². The molecule has 1 aliphatic rings. The van der Waals surface area contributed by atoms with Gasteiger partial charge < -0.3 is 15.1 Å². The van der Waals surface area contributed by atoms with Crippen molar-refractivity contribution in [3.05, 3.63) is 83.3 Å². The summed E-state index contributed by atoms with van der Waals surface area (Å²) in [6, 6.07) is 11.0. The van der Waals surface area contributed by atoms with Crippen LogP contribution >= 0.6 is 0 Å². The Labute approximate surface area is 171 Å². The van der Waals surface area contributed by atoms with Gasteiger partial charge in [-0.15, -0.1) is 0 Å². The predicted octanol–water partition coefficient (Wildman–Crippen LogP) is 1.86. The van der Waals surface area contributed by atoms with Gasteiger partial charge in [-0.1, -0.05) is 21.8 Å². The van der Waals surface area contributed by atoms with Gasteiger partial charge in [0.25, 0.3) is 5.91 Å².